The van der Waals surface area contributed by atoms with Crippen molar-refractivity contribution in [2.75, 3.05) is 26.4 Å². The van der Waals surface area contributed by atoms with Gasteiger partial charge in [0.2, 0.25) is 0 Å². The SMILES string of the molecule is CCOc1cc2c(cc1OCC)Cc1cc(OCC)c(OCC)cc1C2. The van der Waals surface area contributed by atoms with Crippen LogP contribution in [0.5, 0.6) is 23.0 Å². The molecule has 0 heterocycles. The van der Waals surface area contributed by atoms with Gasteiger partial charge in [0.25, 0.3) is 0 Å². The molecule has 1 aliphatic rings. The molecule has 4 heteroatoms. The van der Waals surface area contributed by atoms with Gasteiger partial charge in [0.1, 0.15) is 0 Å². The van der Waals surface area contributed by atoms with Gasteiger partial charge in [0.05, 0.1) is 26.4 Å². The number of rotatable bonds is 8. The lowest BCUT2D eigenvalue weighted by Gasteiger charge is -2.24. The molecular weight excluding hydrogens is 328 g/mol. The van der Waals surface area contributed by atoms with Gasteiger partial charge in [-0.2, -0.15) is 0 Å². The van der Waals surface area contributed by atoms with Crippen LogP contribution in [-0.2, 0) is 12.8 Å². The molecule has 0 saturated carbocycles. The Morgan fingerprint density at radius 2 is 0.731 bits per heavy atom. The van der Waals surface area contributed by atoms with Crippen LogP contribution in [0.3, 0.4) is 0 Å². The Morgan fingerprint density at radius 1 is 0.500 bits per heavy atom. The Labute approximate surface area is 156 Å². The molecule has 0 aromatic heterocycles. The third kappa shape index (κ3) is 3.74. The quantitative estimate of drug-likeness (QED) is 0.582. The molecule has 0 N–H and O–H groups in total. The normalized spacial score (nSPS) is 12.2. The molecule has 0 amide bonds. The van der Waals surface area contributed by atoms with Crippen molar-refractivity contribution >= 4 is 0 Å². The summed E-state index contributed by atoms with van der Waals surface area (Å²) in [4.78, 5) is 0. The maximum absolute atomic E-state index is 5.79. The van der Waals surface area contributed by atoms with Crippen molar-refractivity contribution in [1.29, 1.82) is 0 Å². The van der Waals surface area contributed by atoms with Gasteiger partial charge >= 0.3 is 0 Å². The monoisotopic (exact) mass is 356 g/mol. The molecule has 0 spiro atoms. The number of hydrogen-bond acceptors (Lipinski definition) is 4. The smallest absolute Gasteiger partial charge is 0.161 e. The lowest BCUT2D eigenvalue weighted by molar-refractivity contribution is 0.286. The largest absolute Gasteiger partial charge is 0.490 e. The molecule has 140 valence electrons. The second-order valence-corrected chi connectivity index (χ2v) is 6.22. The Morgan fingerprint density at radius 3 is 0.923 bits per heavy atom. The van der Waals surface area contributed by atoms with E-state index in [4.69, 9.17) is 18.9 Å². The number of benzene rings is 2. The van der Waals surface area contributed by atoms with Crippen LogP contribution in [0, 0.1) is 0 Å². The second kappa shape index (κ2) is 8.35. The second-order valence-electron chi connectivity index (χ2n) is 6.22. The Bertz CT molecular complexity index is 640. The van der Waals surface area contributed by atoms with E-state index in [1.807, 2.05) is 27.7 Å². The van der Waals surface area contributed by atoms with Crippen LogP contribution in [0.2, 0.25) is 0 Å². The van der Waals surface area contributed by atoms with E-state index in [2.05, 4.69) is 24.3 Å². The first kappa shape index (κ1) is 18.4. The summed E-state index contributed by atoms with van der Waals surface area (Å²) in [5.74, 6) is 3.31. The minimum Gasteiger partial charge on any atom is -0.490 e. The molecule has 3 rings (SSSR count). The van der Waals surface area contributed by atoms with Crippen molar-refractivity contribution in [3.8, 4) is 23.0 Å². The molecule has 0 bridgehead atoms. The van der Waals surface area contributed by atoms with Crippen LogP contribution in [0.4, 0.5) is 0 Å². The summed E-state index contributed by atoms with van der Waals surface area (Å²) < 4.78 is 23.1. The van der Waals surface area contributed by atoms with Gasteiger partial charge in [-0.25, -0.2) is 0 Å². The van der Waals surface area contributed by atoms with Crippen LogP contribution in [0.15, 0.2) is 24.3 Å². The van der Waals surface area contributed by atoms with E-state index in [1.54, 1.807) is 0 Å². The fourth-order valence-corrected chi connectivity index (χ4v) is 3.43. The van der Waals surface area contributed by atoms with Crippen molar-refractivity contribution < 1.29 is 18.9 Å². The summed E-state index contributed by atoms with van der Waals surface area (Å²) >= 11 is 0. The van der Waals surface area contributed by atoms with Crippen LogP contribution in [0.25, 0.3) is 0 Å². The standard InChI is InChI=1S/C22H28O4/c1-5-23-19-11-15-9-17-13-21(25-7-3)22(26-8-4)14-18(17)10-16(15)12-20(19)24-6-2/h11-14H,5-10H2,1-4H3. The van der Waals surface area contributed by atoms with E-state index in [0.717, 1.165) is 35.8 Å². The lowest BCUT2D eigenvalue weighted by Crippen LogP contribution is -2.11. The van der Waals surface area contributed by atoms with Crippen molar-refractivity contribution in [2.24, 2.45) is 0 Å². The van der Waals surface area contributed by atoms with Crippen LogP contribution in [0.1, 0.15) is 49.9 Å². The number of fused-ring (bicyclic) bond motifs is 2. The Balaban J connectivity index is 1.98. The van der Waals surface area contributed by atoms with Gasteiger partial charge < -0.3 is 18.9 Å². The highest BCUT2D eigenvalue weighted by Crippen LogP contribution is 2.40. The van der Waals surface area contributed by atoms with Crippen molar-refractivity contribution in [1.82, 2.24) is 0 Å². The minimum absolute atomic E-state index is 0.627. The average molecular weight is 356 g/mol. The molecule has 0 fully saturated rings. The van der Waals surface area contributed by atoms with E-state index in [0.29, 0.717) is 26.4 Å². The molecule has 0 atom stereocenters. The summed E-state index contributed by atoms with van der Waals surface area (Å²) in [5.41, 5.74) is 5.15. The Kier molecular flexibility index (Phi) is 5.92. The summed E-state index contributed by atoms with van der Waals surface area (Å²) in [5, 5.41) is 0. The van der Waals surface area contributed by atoms with E-state index < -0.39 is 0 Å². The maximum atomic E-state index is 5.79. The van der Waals surface area contributed by atoms with Gasteiger partial charge in [0.15, 0.2) is 23.0 Å². The van der Waals surface area contributed by atoms with E-state index in [1.165, 1.54) is 22.3 Å². The molecule has 26 heavy (non-hydrogen) atoms. The zero-order chi connectivity index (χ0) is 18.5. The van der Waals surface area contributed by atoms with Gasteiger partial charge in [-0.3, -0.25) is 0 Å². The summed E-state index contributed by atoms with van der Waals surface area (Å²) in [6, 6.07) is 8.51. The van der Waals surface area contributed by atoms with Crippen molar-refractivity contribution in [2.45, 2.75) is 40.5 Å². The third-order valence-corrected chi connectivity index (χ3v) is 4.49. The highest BCUT2D eigenvalue weighted by Gasteiger charge is 2.21. The average Bonchev–Trinajstić information content (AvgIpc) is 2.62. The molecule has 1 aliphatic carbocycles. The van der Waals surface area contributed by atoms with Gasteiger partial charge in [-0.15, -0.1) is 0 Å². The third-order valence-electron chi connectivity index (χ3n) is 4.49. The molecule has 0 unspecified atom stereocenters. The van der Waals surface area contributed by atoms with Crippen molar-refractivity contribution in [3.63, 3.8) is 0 Å². The lowest BCUT2D eigenvalue weighted by atomic mass is 9.85. The van der Waals surface area contributed by atoms with Crippen LogP contribution < -0.4 is 18.9 Å². The summed E-state index contributed by atoms with van der Waals surface area (Å²) in [7, 11) is 0. The highest BCUT2D eigenvalue weighted by atomic mass is 16.5. The molecule has 0 radical (unpaired) electrons. The number of ether oxygens (including phenoxy) is 4. The molecule has 2 aromatic carbocycles. The van der Waals surface area contributed by atoms with E-state index >= 15 is 0 Å². The molecule has 4 nitrogen and oxygen atoms in total. The van der Waals surface area contributed by atoms with Gasteiger partial charge in [-0.05, 0) is 87.1 Å². The first-order chi connectivity index (χ1) is 12.7. The summed E-state index contributed by atoms with van der Waals surface area (Å²) in [6.07, 6.45) is 1.73. The fourth-order valence-electron chi connectivity index (χ4n) is 3.43. The van der Waals surface area contributed by atoms with E-state index in [-0.39, 0.29) is 0 Å². The van der Waals surface area contributed by atoms with Crippen LogP contribution in [-0.4, -0.2) is 26.4 Å². The zero-order valence-corrected chi connectivity index (χ0v) is 16.2. The molecule has 0 saturated heterocycles. The van der Waals surface area contributed by atoms with E-state index in [9.17, 15) is 0 Å². The first-order valence-electron chi connectivity index (χ1n) is 9.52. The van der Waals surface area contributed by atoms with Crippen molar-refractivity contribution in [3.05, 3.63) is 46.5 Å². The highest BCUT2D eigenvalue weighted by molar-refractivity contribution is 5.57. The fraction of sp³-hybridized carbons (Fsp3) is 0.455. The first-order valence-corrected chi connectivity index (χ1v) is 9.52. The predicted molar refractivity (Wildman–Crippen MR) is 103 cm³/mol. The van der Waals surface area contributed by atoms with Crippen LogP contribution >= 0.6 is 0 Å². The molecule has 0 aliphatic heterocycles. The predicted octanol–water partition coefficient (Wildman–Crippen LogP) is 4.78. The zero-order valence-electron chi connectivity index (χ0n) is 16.2. The van der Waals surface area contributed by atoms with Gasteiger partial charge in [0, 0.05) is 0 Å². The van der Waals surface area contributed by atoms with Gasteiger partial charge in [-0.1, -0.05) is 0 Å². The molecular formula is C22H28O4. The number of hydrogen-bond donors (Lipinski definition) is 0. The topological polar surface area (TPSA) is 36.9 Å². The summed E-state index contributed by atoms with van der Waals surface area (Å²) in [6.45, 7) is 10.5. The Hall–Kier alpha value is -2.36. The minimum atomic E-state index is 0.627. The molecule has 2 aromatic rings. The maximum Gasteiger partial charge on any atom is 0.161 e.